The number of alkyl halides is 3. The maximum atomic E-state index is 12.8. The predicted molar refractivity (Wildman–Crippen MR) is 75.5 cm³/mol. The quantitative estimate of drug-likeness (QED) is 0.666. The summed E-state index contributed by atoms with van der Waals surface area (Å²) >= 11 is 0. The number of nitrogens with zero attached hydrogens (tertiary/aromatic N) is 2. The molecule has 0 aromatic carbocycles. The summed E-state index contributed by atoms with van der Waals surface area (Å²) in [7, 11) is 0. The van der Waals surface area contributed by atoms with Gasteiger partial charge in [-0.1, -0.05) is 13.3 Å². The topological polar surface area (TPSA) is 66.0 Å². The van der Waals surface area contributed by atoms with Crippen LogP contribution in [0.1, 0.15) is 37.4 Å². The van der Waals surface area contributed by atoms with E-state index in [9.17, 15) is 13.2 Å². The summed E-state index contributed by atoms with van der Waals surface area (Å²) in [6, 6.07) is 2.12. The van der Waals surface area contributed by atoms with Gasteiger partial charge in [0.15, 0.2) is 0 Å². The first kappa shape index (κ1) is 15.6. The average Bonchev–Trinajstić information content (AvgIpc) is 2.45. The van der Waals surface area contributed by atoms with Crippen LogP contribution in [0.5, 0.6) is 0 Å². The maximum absolute atomic E-state index is 12.8. The molecule has 0 aliphatic carbocycles. The van der Waals surface area contributed by atoms with E-state index < -0.39 is 11.9 Å². The molecule has 2 heterocycles. The van der Waals surface area contributed by atoms with E-state index in [1.54, 1.807) is 0 Å². The first-order valence-electron chi connectivity index (χ1n) is 7.00. The molecule has 0 bridgehead atoms. The second-order valence-corrected chi connectivity index (χ2v) is 5.34. The molecule has 21 heavy (non-hydrogen) atoms. The molecule has 116 valence electrons. The van der Waals surface area contributed by atoms with E-state index in [0.717, 1.165) is 25.3 Å². The molecule has 1 aromatic rings. The third-order valence-electron chi connectivity index (χ3n) is 3.85. The average molecular weight is 300 g/mol. The van der Waals surface area contributed by atoms with Gasteiger partial charge in [0, 0.05) is 13.1 Å². The van der Waals surface area contributed by atoms with Crippen molar-refractivity contribution in [1.82, 2.24) is 4.98 Å². The van der Waals surface area contributed by atoms with Gasteiger partial charge in [0.1, 0.15) is 17.3 Å². The first-order valence-corrected chi connectivity index (χ1v) is 7.00. The molecule has 1 atom stereocenters. The van der Waals surface area contributed by atoms with Crippen LogP contribution in [0.15, 0.2) is 12.1 Å². The number of nitrogen functional groups attached to an aromatic ring is 1. The zero-order chi connectivity index (χ0) is 15.6. The second kappa shape index (κ2) is 5.91. The van der Waals surface area contributed by atoms with Gasteiger partial charge in [-0.15, -0.1) is 0 Å². The smallest absolute Gasteiger partial charge is 0.384 e. The Hall–Kier alpha value is -1.79. The summed E-state index contributed by atoms with van der Waals surface area (Å²) < 4.78 is 38.5. The maximum Gasteiger partial charge on any atom is 0.433 e. The third-order valence-corrected chi connectivity index (χ3v) is 3.85. The van der Waals surface area contributed by atoms with Crippen LogP contribution in [0.2, 0.25) is 0 Å². The van der Waals surface area contributed by atoms with Crippen molar-refractivity contribution >= 4 is 11.7 Å². The fourth-order valence-corrected chi connectivity index (χ4v) is 2.65. The molecule has 1 unspecified atom stereocenters. The van der Waals surface area contributed by atoms with E-state index in [-0.39, 0.29) is 17.2 Å². The molecule has 1 saturated heterocycles. The highest BCUT2D eigenvalue weighted by molar-refractivity contribution is 5.99. The molecule has 4 nitrogen and oxygen atoms in total. The number of nitrogens with two attached hydrogens (primary N) is 1. The van der Waals surface area contributed by atoms with E-state index in [2.05, 4.69) is 11.9 Å². The lowest BCUT2D eigenvalue weighted by Gasteiger charge is -2.34. The number of halogens is 3. The van der Waals surface area contributed by atoms with Crippen LogP contribution in [0, 0.1) is 11.3 Å². The molecule has 1 aromatic heterocycles. The van der Waals surface area contributed by atoms with E-state index in [0.29, 0.717) is 19.0 Å². The highest BCUT2D eigenvalue weighted by Gasteiger charge is 2.34. The van der Waals surface area contributed by atoms with Crippen molar-refractivity contribution in [3.8, 4) is 0 Å². The van der Waals surface area contributed by atoms with Gasteiger partial charge in [-0.3, -0.25) is 5.41 Å². The van der Waals surface area contributed by atoms with Gasteiger partial charge in [-0.2, -0.15) is 13.2 Å². The monoisotopic (exact) mass is 300 g/mol. The van der Waals surface area contributed by atoms with Crippen molar-refractivity contribution in [3.05, 3.63) is 23.4 Å². The van der Waals surface area contributed by atoms with Crippen LogP contribution in [-0.2, 0) is 6.18 Å². The van der Waals surface area contributed by atoms with Crippen LogP contribution in [-0.4, -0.2) is 23.9 Å². The van der Waals surface area contributed by atoms with Gasteiger partial charge >= 0.3 is 6.18 Å². The molecule has 2 rings (SSSR count). The molecule has 1 aliphatic rings. The molecule has 0 saturated carbocycles. The Labute approximate surface area is 121 Å². The normalized spacial score (nSPS) is 19.6. The van der Waals surface area contributed by atoms with Crippen LogP contribution in [0.4, 0.5) is 19.0 Å². The number of pyridine rings is 1. The summed E-state index contributed by atoms with van der Waals surface area (Å²) in [5.74, 6) is 0.357. The van der Waals surface area contributed by atoms with Crippen molar-refractivity contribution in [3.63, 3.8) is 0 Å². The number of anilines is 1. The number of amidine groups is 1. The SMILES string of the molecule is CCC1CCCN(c2nc(C(F)(F)F)ccc2C(=N)N)C1. The summed E-state index contributed by atoms with van der Waals surface area (Å²) in [5, 5.41) is 7.55. The lowest BCUT2D eigenvalue weighted by Crippen LogP contribution is -2.37. The molecule has 1 fully saturated rings. The molecule has 0 radical (unpaired) electrons. The Morgan fingerprint density at radius 3 is 2.76 bits per heavy atom. The highest BCUT2D eigenvalue weighted by Crippen LogP contribution is 2.32. The Kier molecular flexibility index (Phi) is 4.39. The van der Waals surface area contributed by atoms with Gasteiger partial charge in [0.05, 0.1) is 5.56 Å². The van der Waals surface area contributed by atoms with Gasteiger partial charge in [-0.25, -0.2) is 4.98 Å². The van der Waals surface area contributed by atoms with E-state index in [1.807, 2.05) is 4.90 Å². The number of piperidine rings is 1. The summed E-state index contributed by atoms with van der Waals surface area (Å²) in [6.45, 7) is 3.37. The molecule has 3 N–H and O–H groups in total. The number of rotatable bonds is 3. The van der Waals surface area contributed by atoms with Crippen LogP contribution in [0.25, 0.3) is 0 Å². The lowest BCUT2D eigenvalue weighted by atomic mass is 9.95. The molecule has 1 aliphatic heterocycles. The summed E-state index contributed by atoms with van der Waals surface area (Å²) in [5.41, 5.74) is 4.80. The second-order valence-electron chi connectivity index (χ2n) is 5.34. The van der Waals surface area contributed by atoms with Gasteiger partial charge in [0.2, 0.25) is 0 Å². The van der Waals surface area contributed by atoms with Crippen molar-refractivity contribution in [1.29, 1.82) is 5.41 Å². The van der Waals surface area contributed by atoms with Crippen LogP contribution < -0.4 is 10.6 Å². The fraction of sp³-hybridized carbons (Fsp3) is 0.571. The zero-order valence-electron chi connectivity index (χ0n) is 11.9. The van der Waals surface area contributed by atoms with Gasteiger partial charge in [0.25, 0.3) is 0 Å². The summed E-state index contributed by atoms with van der Waals surface area (Å²) in [4.78, 5) is 5.56. The predicted octanol–water partition coefficient (Wildman–Crippen LogP) is 3.01. The molecule has 0 spiro atoms. The van der Waals surface area contributed by atoms with E-state index in [4.69, 9.17) is 11.1 Å². The number of nitrogens with one attached hydrogen (secondary N) is 1. The largest absolute Gasteiger partial charge is 0.433 e. The molecular formula is C14H19F3N4. The van der Waals surface area contributed by atoms with E-state index >= 15 is 0 Å². The fourth-order valence-electron chi connectivity index (χ4n) is 2.65. The molecule has 0 amide bonds. The van der Waals surface area contributed by atoms with Gasteiger partial charge < -0.3 is 10.6 Å². The zero-order valence-corrected chi connectivity index (χ0v) is 11.9. The number of hydrogen-bond acceptors (Lipinski definition) is 3. The third kappa shape index (κ3) is 3.46. The van der Waals surface area contributed by atoms with E-state index in [1.165, 1.54) is 6.07 Å². The number of hydrogen-bond donors (Lipinski definition) is 2. The molecular weight excluding hydrogens is 281 g/mol. The number of aromatic nitrogens is 1. The minimum absolute atomic E-state index is 0.176. The first-order chi connectivity index (χ1) is 9.82. The van der Waals surface area contributed by atoms with Crippen molar-refractivity contribution < 1.29 is 13.2 Å². The minimum atomic E-state index is -4.50. The lowest BCUT2D eigenvalue weighted by molar-refractivity contribution is -0.141. The Morgan fingerprint density at radius 1 is 1.48 bits per heavy atom. The standard InChI is InChI=1S/C14H19F3N4/c1-2-9-4-3-7-21(8-9)13-10(12(18)19)5-6-11(20-13)14(15,16)17/h5-6,9H,2-4,7-8H2,1H3,(H3,18,19). The highest BCUT2D eigenvalue weighted by atomic mass is 19.4. The Bertz CT molecular complexity index is 527. The van der Waals surface area contributed by atoms with Gasteiger partial charge in [-0.05, 0) is 30.9 Å². The Morgan fingerprint density at radius 2 is 2.19 bits per heavy atom. The minimum Gasteiger partial charge on any atom is -0.384 e. The van der Waals surface area contributed by atoms with Crippen LogP contribution in [0.3, 0.4) is 0 Å². The molecule has 7 heteroatoms. The van der Waals surface area contributed by atoms with Crippen molar-refractivity contribution in [2.45, 2.75) is 32.4 Å². The summed E-state index contributed by atoms with van der Waals surface area (Å²) in [6.07, 6.45) is -1.54. The van der Waals surface area contributed by atoms with Crippen molar-refractivity contribution in [2.75, 3.05) is 18.0 Å². The Balaban J connectivity index is 2.41. The van der Waals surface area contributed by atoms with Crippen LogP contribution >= 0.6 is 0 Å². The van der Waals surface area contributed by atoms with Crippen molar-refractivity contribution in [2.24, 2.45) is 11.7 Å².